The zero-order valence-corrected chi connectivity index (χ0v) is 19.0. The van der Waals surface area contributed by atoms with Gasteiger partial charge in [-0.3, -0.25) is 9.48 Å². The fourth-order valence-electron chi connectivity index (χ4n) is 4.93. The van der Waals surface area contributed by atoms with Gasteiger partial charge in [0.25, 0.3) is 0 Å². The normalized spacial score (nSPS) is 24.8. The van der Waals surface area contributed by atoms with Gasteiger partial charge in [0.2, 0.25) is 5.91 Å². The van der Waals surface area contributed by atoms with E-state index in [0.29, 0.717) is 12.0 Å². The maximum absolute atomic E-state index is 13.2. The first kappa shape index (κ1) is 19.8. The lowest BCUT2D eigenvalue weighted by molar-refractivity contribution is -0.120. The van der Waals surface area contributed by atoms with Gasteiger partial charge in [-0.1, -0.05) is 13.0 Å². The highest BCUT2D eigenvalue weighted by atomic mass is 16.5. The average molecular weight is 430 g/mol. The molecule has 166 valence electrons. The molecule has 3 aliphatic carbocycles. The fraction of sp³-hybridized carbons (Fsp3) is 0.481. The topological polar surface area (TPSA) is 47.4 Å². The van der Waals surface area contributed by atoms with Crippen molar-refractivity contribution in [2.75, 3.05) is 4.90 Å². The van der Waals surface area contributed by atoms with Crippen LogP contribution in [0.25, 0.3) is 11.1 Å². The molecule has 1 aromatic carbocycles. The molecule has 2 aromatic rings. The summed E-state index contributed by atoms with van der Waals surface area (Å²) in [6.07, 6.45) is 17.9. The standard InChI is InChI=1S/C27H31N3O2/c1-17-3-10-22(11-4-17)32-26-23(20-15-28-29(16-20)21-8-9-21)13-14-25-24(26)12-5-18(2)30(25)27(31)19-6-7-19/h3,10-11,13-19,21H,4-9,12H2,1-2H3. The lowest BCUT2D eigenvalue weighted by atomic mass is 9.91. The number of hydrogen-bond acceptors (Lipinski definition) is 3. The molecule has 5 heteroatoms. The SMILES string of the molecule is CC1C=CC(Oc2c(-c3cnn(C4CC4)c3)ccc3c2CCC(C)N3C(=O)C2CC2)=CC1. The van der Waals surface area contributed by atoms with E-state index in [1.807, 2.05) is 11.1 Å². The number of carbonyl (C=O) groups is 1. The number of fused-ring (bicyclic) bond motifs is 1. The third-order valence-corrected chi connectivity index (χ3v) is 7.25. The maximum atomic E-state index is 13.2. The molecule has 6 rings (SSSR count). The number of allylic oxidation sites excluding steroid dienone is 3. The van der Waals surface area contributed by atoms with Gasteiger partial charge in [-0.2, -0.15) is 5.10 Å². The van der Waals surface area contributed by atoms with Gasteiger partial charge in [0.05, 0.1) is 17.9 Å². The molecule has 32 heavy (non-hydrogen) atoms. The molecule has 2 saturated carbocycles. The Morgan fingerprint density at radius 3 is 2.69 bits per heavy atom. The van der Waals surface area contributed by atoms with Crippen LogP contribution < -0.4 is 9.64 Å². The second-order valence-electron chi connectivity index (χ2n) is 10.0. The number of nitrogens with zero attached hydrogens (tertiary/aromatic N) is 3. The van der Waals surface area contributed by atoms with E-state index < -0.39 is 0 Å². The number of hydrogen-bond donors (Lipinski definition) is 0. The number of amides is 1. The predicted octanol–water partition coefficient (Wildman–Crippen LogP) is 5.82. The van der Waals surface area contributed by atoms with Crippen LogP contribution in [0.3, 0.4) is 0 Å². The molecular weight excluding hydrogens is 398 g/mol. The molecule has 2 heterocycles. The second kappa shape index (κ2) is 7.65. The van der Waals surface area contributed by atoms with Crippen molar-refractivity contribution in [2.45, 2.75) is 70.9 Å². The van der Waals surface area contributed by atoms with Crippen LogP contribution in [0.2, 0.25) is 0 Å². The third kappa shape index (κ3) is 3.58. The zero-order valence-electron chi connectivity index (χ0n) is 19.0. The van der Waals surface area contributed by atoms with E-state index in [1.165, 1.54) is 12.8 Å². The summed E-state index contributed by atoms with van der Waals surface area (Å²) >= 11 is 0. The highest BCUT2D eigenvalue weighted by Gasteiger charge is 2.39. The Bertz CT molecular complexity index is 1120. The van der Waals surface area contributed by atoms with Gasteiger partial charge in [-0.05, 0) is 82.1 Å². The maximum Gasteiger partial charge on any atom is 0.230 e. The monoisotopic (exact) mass is 429 g/mol. The number of anilines is 1. The number of rotatable bonds is 5. The van der Waals surface area contributed by atoms with Crippen LogP contribution in [0.4, 0.5) is 5.69 Å². The van der Waals surface area contributed by atoms with Crippen molar-refractivity contribution in [2.24, 2.45) is 11.8 Å². The molecule has 0 spiro atoms. The van der Waals surface area contributed by atoms with Crippen LogP contribution in [0.1, 0.15) is 64.0 Å². The van der Waals surface area contributed by atoms with Crippen molar-refractivity contribution in [3.63, 3.8) is 0 Å². The highest BCUT2D eigenvalue weighted by molar-refractivity contribution is 5.99. The van der Waals surface area contributed by atoms with E-state index in [4.69, 9.17) is 4.74 Å². The summed E-state index contributed by atoms with van der Waals surface area (Å²) < 4.78 is 8.70. The summed E-state index contributed by atoms with van der Waals surface area (Å²) in [5, 5.41) is 4.62. The van der Waals surface area contributed by atoms with Crippen LogP contribution in [-0.2, 0) is 11.2 Å². The Morgan fingerprint density at radius 2 is 1.97 bits per heavy atom. The lowest BCUT2D eigenvalue weighted by Gasteiger charge is -2.37. The van der Waals surface area contributed by atoms with Crippen LogP contribution in [0.15, 0.2) is 48.5 Å². The van der Waals surface area contributed by atoms with Gasteiger partial charge < -0.3 is 9.64 Å². The number of aromatic nitrogens is 2. The Hall–Kier alpha value is -2.82. The first-order chi connectivity index (χ1) is 15.6. The van der Waals surface area contributed by atoms with Gasteiger partial charge in [-0.15, -0.1) is 0 Å². The summed E-state index contributed by atoms with van der Waals surface area (Å²) in [7, 11) is 0. The summed E-state index contributed by atoms with van der Waals surface area (Å²) in [6.45, 7) is 4.39. The number of ether oxygens (including phenoxy) is 1. The van der Waals surface area contributed by atoms with Crippen LogP contribution >= 0.6 is 0 Å². The Labute approximate surface area is 189 Å². The first-order valence-electron chi connectivity index (χ1n) is 12.2. The predicted molar refractivity (Wildman–Crippen MR) is 126 cm³/mol. The largest absolute Gasteiger partial charge is 0.457 e. The molecule has 2 unspecified atom stereocenters. The Balaban J connectivity index is 1.44. The smallest absolute Gasteiger partial charge is 0.230 e. The second-order valence-corrected chi connectivity index (χ2v) is 10.0. The molecule has 0 radical (unpaired) electrons. The Morgan fingerprint density at radius 1 is 1.12 bits per heavy atom. The van der Waals surface area contributed by atoms with Gasteiger partial charge in [-0.25, -0.2) is 0 Å². The minimum atomic E-state index is 0.203. The summed E-state index contributed by atoms with van der Waals surface area (Å²) in [5.74, 6) is 2.81. The van der Waals surface area contributed by atoms with Gasteiger partial charge in [0, 0.05) is 34.8 Å². The molecular formula is C27H31N3O2. The van der Waals surface area contributed by atoms with Gasteiger partial charge in [0.15, 0.2) is 0 Å². The summed E-state index contributed by atoms with van der Waals surface area (Å²) in [6, 6.07) is 5.03. The highest BCUT2D eigenvalue weighted by Crippen LogP contribution is 2.46. The fourth-order valence-corrected chi connectivity index (χ4v) is 4.93. The van der Waals surface area contributed by atoms with Gasteiger partial charge in [0.1, 0.15) is 11.5 Å². The quantitative estimate of drug-likeness (QED) is 0.601. The van der Waals surface area contributed by atoms with Crippen molar-refractivity contribution in [1.82, 2.24) is 9.78 Å². The zero-order chi connectivity index (χ0) is 21.8. The van der Waals surface area contributed by atoms with Crippen molar-refractivity contribution < 1.29 is 9.53 Å². The van der Waals surface area contributed by atoms with Crippen LogP contribution in [-0.4, -0.2) is 21.7 Å². The summed E-state index contributed by atoms with van der Waals surface area (Å²) in [5.41, 5.74) is 4.34. The van der Waals surface area contributed by atoms with E-state index in [9.17, 15) is 4.79 Å². The van der Waals surface area contributed by atoms with Crippen LogP contribution in [0.5, 0.6) is 5.75 Å². The molecule has 0 bridgehead atoms. The summed E-state index contributed by atoms with van der Waals surface area (Å²) in [4.78, 5) is 15.2. The van der Waals surface area contributed by atoms with Crippen LogP contribution in [0, 0.1) is 11.8 Å². The first-order valence-corrected chi connectivity index (χ1v) is 12.2. The molecule has 1 aromatic heterocycles. The van der Waals surface area contributed by atoms with E-state index in [0.717, 1.165) is 66.0 Å². The number of benzene rings is 1. The average Bonchev–Trinajstić information content (AvgIpc) is 3.73. The molecule has 5 nitrogen and oxygen atoms in total. The van der Waals surface area contributed by atoms with E-state index in [1.54, 1.807) is 0 Å². The lowest BCUT2D eigenvalue weighted by Crippen LogP contribution is -2.43. The van der Waals surface area contributed by atoms with E-state index in [2.05, 4.69) is 60.2 Å². The number of carbonyl (C=O) groups excluding carboxylic acids is 1. The minimum Gasteiger partial charge on any atom is -0.457 e. The molecule has 1 aliphatic heterocycles. The van der Waals surface area contributed by atoms with Gasteiger partial charge >= 0.3 is 0 Å². The molecule has 2 fully saturated rings. The molecule has 1 amide bonds. The Kier molecular flexibility index (Phi) is 4.74. The van der Waals surface area contributed by atoms with Crippen molar-refractivity contribution in [1.29, 1.82) is 0 Å². The minimum absolute atomic E-state index is 0.203. The van der Waals surface area contributed by atoms with E-state index in [-0.39, 0.29) is 17.9 Å². The molecule has 0 saturated heterocycles. The van der Waals surface area contributed by atoms with E-state index >= 15 is 0 Å². The molecule has 2 atom stereocenters. The van der Waals surface area contributed by atoms with Crippen molar-refractivity contribution >= 4 is 11.6 Å². The van der Waals surface area contributed by atoms with Crippen molar-refractivity contribution in [3.8, 4) is 16.9 Å². The van der Waals surface area contributed by atoms with Crippen molar-refractivity contribution in [3.05, 3.63) is 54.1 Å². The molecule has 0 N–H and O–H groups in total. The third-order valence-electron chi connectivity index (χ3n) is 7.25. The molecule has 4 aliphatic rings.